The molecule has 1 amide bonds. The Kier molecular flexibility index (Phi) is 5.75. The van der Waals surface area contributed by atoms with Crippen molar-refractivity contribution in [2.45, 2.75) is 39.2 Å². The first-order valence-corrected chi connectivity index (χ1v) is 7.85. The molecular weight excluding hydrogens is 274 g/mol. The zero-order valence-electron chi connectivity index (χ0n) is 13.6. The molecule has 2 rings (SSSR count). The summed E-state index contributed by atoms with van der Waals surface area (Å²) in [6.45, 7) is 4.43. The van der Waals surface area contributed by atoms with E-state index < -0.39 is 0 Å². The van der Waals surface area contributed by atoms with E-state index >= 15 is 0 Å². The molecule has 118 valence electrons. The van der Waals surface area contributed by atoms with Crippen molar-refractivity contribution in [3.05, 3.63) is 54.1 Å². The van der Waals surface area contributed by atoms with Gasteiger partial charge < -0.3 is 9.88 Å². The molecule has 4 heteroatoms. The molecule has 0 spiro atoms. The lowest BCUT2D eigenvalue weighted by Gasteiger charge is -2.29. The van der Waals surface area contributed by atoms with Crippen LogP contribution in [0.25, 0.3) is 0 Å². The number of carbonyl (C=O) groups excluding carboxylic acids is 1. The summed E-state index contributed by atoms with van der Waals surface area (Å²) in [6.07, 6.45) is 5.75. The lowest BCUT2D eigenvalue weighted by atomic mass is 9.96. The van der Waals surface area contributed by atoms with E-state index in [1.165, 1.54) is 5.56 Å². The molecule has 0 radical (unpaired) electrons. The van der Waals surface area contributed by atoms with Gasteiger partial charge in [0.05, 0.1) is 18.8 Å². The number of hydrogen-bond acceptors (Lipinski definition) is 2. The van der Waals surface area contributed by atoms with E-state index in [0.717, 1.165) is 18.5 Å². The quantitative estimate of drug-likeness (QED) is 0.849. The Bertz CT molecular complexity index is 563. The summed E-state index contributed by atoms with van der Waals surface area (Å²) in [5.41, 5.74) is 2.05. The van der Waals surface area contributed by atoms with E-state index in [1.54, 1.807) is 12.5 Å². The van der Waals surface area contributed by atoms with Crippen molar-refractivity contribution in [2.24, 2.45) is 5.92 Å². The highest BCUT2D eigenvalue weighted by Crippen LogP contribution is 2.26. The van der Waals surface area contributed by atoms with Gasteiger partial charge in [0.15, 0.2) is 0 Å². The van der Waals surface area contributed by atoms with Crippen molar-refractivity contribution < 1.29 is 4.79 Å². The number of amides is 1. The minimum Gasteiger partial charge on any atom is -0.348 e. The van der Waals surface area contributed by atoms with Crippen LogP contribution in [0, 0.1) is 5.92 Å². The van der Waals surface area contributed by atoms with Gasteiger partial charge in [-0.3, -0.25) is 4.79 Å². The molecule has 1 unspecified atom stereocenters. The van der Waals surface area contributed by atoms with Crippen molar-refractivity contribution in [1.29, 1.82) is 0 Å². The summed E-state index contributed by atoms with van der Waals surface area (Å²) >= 11 is 0. The second-order valence-corrected chi connectivity index (χ2v) is 6.16. The molecule has 0 saturated carbocycles. The number of likely N-dealkylation sites (N-methyl/N-ethyl adjacent to an activating group) is 1. The van der Waals surface area contributed by atoms with Crippen LogP contribution in [0.1, 0.15) is 44.0 Å². The second kappa shape index (κ2) is 7.78. The highest BCUT2D eigenvalue weighted by atomic mass is 16.2. The largest absolute Gasteiger partial charge is 0.348 e. The number of hydrogen-bond donors (Lipinski definition) is 1. The number of nitrogens with zero attached hydrogens (tertiary/aromatic N) is 2. The molecule has 1 aromatic carbocycles. The van der Waals surface area contributed by atoms with Crippen LogP contribution < -0.4 is 0 Å². The van der Waals surface area contributed by atoms with Gasteiger partial charge in [0.25, 0.3) is 0 Å². The van der Waals surface area contributed by atoms with Crippen LogP contribution in [-0.2, 0) is 11.2 Å². The maximum atomic E-state index is 12.5. The molecular formula is C18H25N3O. The number of benzene rings is 1. The molecule has 0 saturated heterocycles. The van der Waals surface area contributed by atoms with Crippen molar-refractivity contribution in [3.8, 4) is 0 Å². The average Bonchev–Trinajstić information content (AvgIpc) is 3.01. The predicted molar refractivity (Wildman–Crippen MR) is 88.3 cm³/mol. The van der Waals surface area contributed by atoms with E-state index in [0.29, 0.717) is 12.3 Å². The van der Waals surface area contributed by atoms with Gasteiger partial charge >= 0.3 is 0 Å². The first kappa shape index (κ1) is 16.3. The van der Waals surface area contributed by atoms with Gasteiger partial charge in [0.2, 0.25) is 5.91 Å². The standard InChI is InChI=1S/C18H25N3O/c1-14(2)9-10-17(15-7-5-4-6-8-15)21(3)18(22)11-16-12-19-13-20-16/h4-8,12-14,17H,9-11H2,1-3H3,(H,19,20). The van der Waals surface area contributed by atoms with Crippen molar-refractivity contribution in [3.63, 3.8) is 0 Å². The predicted octanol–water partition coefficient (Wildman–Crippen LogP) is 3.59. The zero-order valence-corrected chi connectivity index (χ0v) is 13.6. The lowest BCUT2D eigenvalue weighted by Crippen LogP contribution is -2.32. The van der Waals surface area contributed by atoms with Crippen LogP contribution in [-0.4, -0.2) is 27.8 Å². The number of aromatic nitrogens is 2. The van der Waals surface area contributed by atoms with Crippen molar-refractivity contribution >= 4 is 5.91 Å². The van der Waals surface area contributed by atoms with Crippen LogP contribution in [0.15, 0.2) is 42.9 Å². The number of nitrogens with one attached hydrogen (secondary N) is 1. The van der Waals surface area contributed by atoms with Crippen LogP contribution in [0.2, 0.25) is 0 Å². The van der Waals surface area contributed by atoms with E-state index in [4.69, 9.17) is 0 Å². The molecule has 0 aliphatic carbocycles. The van der Waals surface area contributed by atoms with Gasteiger partial charge in [-0.2, -0.15) is 0 Å². The lowest BCUT2D eigenvalue weighted by molar-refractivity contribution is -0.131. The van der Waals surface area contributed by atoms with Gasteiger partial charge in [-0.1, -0.05) is 44.2 Å². The fraction of sp³-hybridized carbons (Fsp3) is 0.444. The molecule has 1 heterocycles. The van der Waals surface area contributed by atoms with Gasteiger partial charge in [-0.05, 0) is 24.3 Å². The molecule has 0 aliphatic rings. The summed E-state index contributed by atoms with van der Waals surface area (Å²) < 4.78 is 0. The second-order valence-electron chi connectivity index (χ2n) is 6.16. The monoisotopic (exact) mass is 299 g/mol. The Morgan fingerprint density at radius 2 is 1.95 bits per heavy atom. The van der Waals surface area contributed by atoms with Crippen LogP contribution in [0.3, 0.4) is 0 Å². The summed E-state index contributed by atoms with van der Waals surface area (Å²) in [4.78, 5) is 21.4. The molecule has 4 nitrogen and oxygen atoms in total. The summed E-state index contributed by atoms with van der Waals surface area (Å²) in [7, 11) is 1.90. The fourth-order valence-corrected chi connectivity index (χ4v) is 2.59. The van der Waals surface area contributed by atoms with Crippen LogP contribution >= 0.6 is 0 Å². The maximum Gasteiger partial charge on any atom is 0.228 e. The minimum atomic E-state index is 0.113. The van der Waals surface area contributed by atoms with E-state index in [1.807, 2.05) is 30.1 Å². The molecule has 0 aliphatic heterocycles. The Morgan fingerprint density at radius 3 is 2.55 bits per heavy atom. The molecule has 0 bridgehead atoms. The topological polar surface area (TPSA) is 49.0 Å². The molecule has 0 fully saturated rings. The third kappa shape index (κ3) is 4.45. The van der Waals surface area contributed by atoms with Gasteiger partial charge in [-0.25, -0.2) is 4.98 Å². The van der Waals surface area contributed by atoms with Crippen molar-refractivity contribution in [2.75, 3.05) is 7.05 Å². The van der Waals surface area contributed by atoms with Crippen molar-refractivity contribution in [1.82, 2.24) is 14.9 Å². The highest BCUT2D eigenvalue weighted by Gasteiger charge is 2.22. The fourth-order valence-electron chi connectivity index (χ4n) is 2.59. The van der Waals surface area contributed by atoms with E-state index in [9.17, 15) is 4.79 Å². The van der Waals surface area contributed by atoms with Crippen LogP contribution in [0.5, 0.6) is 0 Å². The number of imidazole rings is 1. The molecule has 1 aromatic heterocycles. The van der Waals surface area contributed by atoms with Gasteiger partial charge in [0, 0.05) is 18.9 Å². The SMILES string of the molecule is CC(C)CCC(c1ccccc1)N(C)C(=O)Cc1cnc[nH]1. The third-order valence-electron chi connectivity index (χ3n) is 3.96. The smallest absolute Gasteiger partial charge is 0.228 e. The first-order valence-electron chi connectivity index (χ1n) is 7.85. The number of rotatable bonds is 7. The summed E-state index contributed by atoms with van der Waals surface area (Å²) in [5.74, 6) is 0.740. The zero-order chi connectivity index (χ0) is 15.9. The number of carbonyl (C=O) groups is 1. The first-order chi connectivity index (χ1) is 10.6. The highest BCUT2D eigenvalue weighted by molar-refractivity contribution is 5.78. The maximum absolute atomic E-state index is 12.5. The van der Waals surface area contributed by atoms with E-state index in [2.05, 4.69) is 35.9 Å². The summed E-state index contributed by atoms with van der Waals surface area (Å²) in [5, 5.41) is 0. The molecule has 2 aromatic rings. The summed E-state index contributed by atoms with van der Waals surface area (Å²) in [6, 6.07) is 10.4. The Labute approximate surface area is 132 Å². The number of aromatic amines is 1. The number of H-pyrrole nitrogens is 1. The normalized spacial score (nSPS) is 12.4. The van der Waals surface area contributed by atoms with Gasteiger partial charge in [0.1, 0.15) is 0 Å². The molecule has 22 heavy (non-hydrogen) atoms. The van der Waals surface area contributed by atoms with Crippen LogP contribution in [0.4, 0.5) is 0 Å². The molecule has 1 N–H and O–H groups in total. The Morgan fingerprint density at radius 1 is 1.23 bits per heavy atom. The Balaban J connectivity index is 2.11. The third-order valence-corrected chi connectivity index (χ3v) is 3.96. The average molecular weight is 299 g/mol. The molecule has 1 atom stereocenters. The minimum absolute atomic E-state index is 0.113. The Hall–Kier alpha value is -2.10. The van der Waals surface area contributed by atoms with Gasteiger partial charge in [-0.15, -0.1) is 0 Å². The van der Waals surface area contributed by atoms with E-state index in [-0.39, 0.29) is 11.9 Å².